The molecule has 1 aromatic carbocycles. The fourth-order valence-electron chi connectivity index (χ4n) is 2.62. The van der Waals surface area contributed by atoms with E-state index >= 15 is 0 Å². The van der Waals surface area contributed by atoms with Crippen molar-refractivity contribution >= 4 is 33.4 Å². The Hall–Kier alpha value is -1.36. The van der Waals surface area contributed by atoms with Crippen LogP contribution in [0.25, 0.3) is 0 Å². The zero-order chi connectivity index (χ0) is 15.8. The van der Waals surface area contributed by atoms with Crippen LogP contribution in [0.2, 0.25) is 0 Å². The third kappa shape index (κ3) is 3.46. The zero-order valence-corrected chi connectivity index (χ0v) is 14.4. The largest absolute Gasteiger partial charge is 0.355 e. The molecule has 1 fully saturated rings. The van der Waals surface area contributed by atoms with Crippen LogP contribution in [0.1, 0.15) is 26.3 Å². The van der Waals surface area contributed by atoms with Crippen LogP contribution in [-0.2, 0) is 9.59 Å². The summed E-state index contributed by atoms with van der Waals surface area (Å²) in [5, 5.41) is 5.66. The standard InChI is InChI=1S/C16H21BrN2O2/c1-9-5-6-10(7-12(9)17)19-15(21)13-11(16(2,3)4)8-18-14(13)20/h5-7,11,13H,8H2,1-4H3,(H,18,20)(H,19,21)/t11-,13-/m1/s1. The molecule has 2 N–H and O–H groups in total. The van der Waals surface area contributed by atoms with Crippen molar-refractivity contribution in [3.8, 4) is 0 Å². The lowest BCUT2D eigenvalue weighted by molar-refractivity contribution is -0.132. The Bertz CT molecular complexity index is 578. The minimum absolute atomic E-state index is 0.00103. The molecule has 0 aliphatic carbocycles. The molecule has 4 nitrogen and oxygen atoms in total. The molecule has 2 amide bonds. The van der Waals surface area contributed by atoms with E-state index in [1.807, 2.05) is 25.1 Å². The van der Waals surface area contributed by atoms with E-state index in [1.165, 1.54) is 0 Å². The number of hydrogen-bond donors (Lipinski definition) is 2. The van der Waals surface area contributed by atoms with E-state index in [-0.39, 0.29) is 23.1 Å². The molecule has 2 atom stereocenters. The van der Waals surface area contributed by atoms with E-state index in [1.54, 1.807) is 0 Å². The number of anilines is 1. The first-order valence-electron chi connectivity index (χ1n) is 7.05. The van der Waals surface area contributed by atoms with Gasteiger partial charge in [0.15, 0.2) is 0 Å². The summed E-state index contributed by atoms with van der Waals surface area (Å²) in [5.41, 5.74) is 1.69. The number of amides is 2. The molecule has 1 heterocycles. The molecule has 0 bridgehead atoms. The summed E-state index contributed by atoms with van der Waals surface area (Å²) in [6, 6.07) is 5.62. The number of halogens is 1. The SMILES string of the molecule is Cc1ccc(NC(=O)[C@H]2C(=O)NC[C@H]2C(C)(C)C)cc1Br. The van der Waals surface area contributed by atoms with Crippen molar-refractivity contribution in [3.05, 3.63) is 28.2 Å². The minimum Gasteiger partial charge on any atom is -0.355 e. The smallest absolute Gasteiger partial charge is 0.237 e. The summed E-state index contributed by atoms with van der Waals surface area (Å²) in [4.78, 5) is 24.5. The molecule has 2 rings (SSSR count). The summed E-state index contributed by atoms with van der Waals surface area (Å²) < 4.78 is 0.934. The van der Waals surface area contributed by atoms with Gasteiger partial charge >= 0.3 is 0 Å². The summed E-state index contributed by atoms with van der Waals surface area (Å²) in [7, 11) is 0. The van der Waals surface area contributed by atoms with Crippen LogP contribution in [0.5, 0.6) is 0 Å². The number of nitrogens with one attached hydrogen (secondary N) is 2. The number of carbonyl (C=O) groups is 2. The van der Waals surface area contributed by atoms with Gasteiger partial charge in [0, 0.05) is 22.6 Å². The summed E-state index contributed by atoms with van der Waals surface area (Å²) >= 11 is 3.44. The molecule has 0 unspecified atom stereocenters. The van der Waals surface area contributed by atoms with E-state index in [4.69, 9.17) is 0 Å². The van der Waals surface area contributed by atoms with Crippen molar-refractivity contribution in [2.75, 3.05) is 11.9 Å². The van der Waals surface area contributed by atoms with Crippen LogP contribution >= 0.6 is 15.9 Å². The lowest BCUT2D eigenvalue weighted by atomic mass is 9.74. The predicted octanol–water partition coefficient (Wildman–Crippen LogP) is 3.10. The molecule has 0 aromatic heterocycles. The number of rotatable bonds is 2. The van der Waals surface area contributed by atoms with E-state index in [9.17, 15) is 9.59 Å². The molecule has 1 aromatic rings. The van der Waals surface area contributed by atoms with Gasteiger partial charge in [-0.2, -0.15) is 0 Å². The van der Waals surface area contributed by atoms with Gasteiger partial charge in [0.1, 0.15) is 5.92 Å². The summed E-state index contributed by atoms with van der Waals surface area (Å²) in [6.07, 6.45) is 0. The average molecular weight is 353 g/mol. The van der Waals surface area contributed by atoms with Gasteiger partial charge in [-0.05, 0) is 30.0 Å². The van der Waals surface area contributed by atoms with Crippen LogP contribution in [0, 0.1) is 24.2 Å². The fourth-order valence-corrected chi connectivity index (χ4v) is 3.00. The molecule has 0 saturated carbocycles. The Kier molecular flexibility index (Phi) is 4.42. The number of carbonyl (C=O) groups excluding carboxylic acids is 2. The van der Waals surface area contributed by atoms with E-state index < -0.39 is 5.92 Å². The molecule has 114 valence electrons. The van der Waals surface area contributed by atoms with E-state index in [0.29, 0.717) is 12.2 Å². The zero-order valence-electron chi connectivity index (χ0n) is 12.8. The molecular weight excluding hydrogens is 332 g/mol. The van der Waals surface area contributed by atoms with Crippen LogP contribution < -0.4 is 10.6 Å². The Morgan fingerprint density at radius 1 is 1.38 bits per heavy atom. The highest BCUT2D eigenvalue weighted by Crippen LogP contribution is 2.35. The maximum Gasteiger partial charge on any atom is 0.237 e. The maximum absolute atomic E-state index is 12.5. The monoisotopic (exact) mass is 352 g/mol. The number of benzene rings is 1. The molecule has 0 spiro atoms. The Labute approximate surface area is 133 Å². The van der Waals surface area contributed by atoms with E-state index in [0.717, 1.165) is 10.0 Å². The van der Waals surface area contributed by atoms with Gasteiger partial charge in [0.05, 0.1) is 0 Å². The molecule has 1 saturated heterocycles. The third-order valence-electron chi connectivity index (χ3n) is 4.02. The molecular formula is C16H21BrN2O2. The van der Waals surface area contributed by atoms with E-state index in [2.05, 4.69) is 47.3 Å². The highest BCUT2D eigenvalue weighted by Gasteiger charge is 2.45. The number of hydrogen-bond acceptors (Lipinski definition) is 2. The van der Waals surface area contributed by atoms with Crippen LogP contribution in [0.15, 0.2) is 22.7 Å². The molecule has 5 heteroatoms. The topological polar surface area (TPSA) is 58.2 Å². The quantitative estimate of drug-likeness (QED) is 0.803. The maximum atomic E-state index is 12.5. The highest BCUT2D eigenvalue weighted by atomic mass is 79.9. The van der Waals surface area contributed by atoms with Crippen molar-refractivity contribution in [2.45, 2.75) is 27.7 Å². The second-order valence-corrected chi connectivity index (χ2v) is 7.50. The second kappa shape index (κ2) is 5.79. The lowest BCUT2D eigenvalue weighted by Gasteiger charge is -2.29. The van der Waals surface area contributed by atoms with Gasteiger partial charge in [0.25, 0.3) is 0 Å². The van der Waals surface area contributed by atoms with Gasteiger partial charge in [-0.25, -0.2) is 0 Å². The van der Waals surface area contributed by atoms with Crippen LogP contribution in [0.3, 0.4) is 0 Å². The first-order chi connectivity index (χ1) is 9.70. The molecule has 1 aliphatic heterocycles. The molecule has 21 heavy (non-hydrogen) atoms. The average Bonchev–Trinajstić information content (AvgIpc) is 2.76. The molecule has 0 radical (unpaired) electrons. The van der Waals surface area contributed by atoms with Crippen LogP contribution in [0.4, 0.5) is 5.69 Å². The van der Waals surface area contributed by atoms with Gasteiger partial charge in [0.2, 0.25) is 11.8 Å². The van der Waals surface area contributed by atoms with Crippen molar-refractivity contribution in [1.29, 1.82) is 0 Å². The normalized spacial score (nSPS) is 22.0. The highest BCUT2D eigenvalue weighted by molar-refractivity contribution is 9.10. The first-order valence-corrected chi connectivity index (χ1v) is 7.84. The van der Waals surface area contributed by atoms with Crippen molar-refractivity contribution in [3.63, 3.8) is 0 Å². The lowest BCUT2D eigenvalue weighted by Crippen LogP contribution is -2.37. The Morgan fingerprint density at radius 3 is 2.62 bits per heavy atom. The van der Waals surface area contributed by atoms with Crippen molar-refractivity contribution in [1.82, 2.24) is 5.32 Å². The fraction of sp³-hybridized carbons (Fsp3) is 0.500. The molecule has 1 aliphatic rings. The predicted molar refractivity (Wildman–Crippen MR) is 87.0 cm³/mol. The Balaban J connectivity index is 2.18. The van der Waals surface area contributed by atoms with Gasteiger partial charge in [-0.15, -0.1) is 0 Å². The first kappa shape index (κ1) is 16.0. The van der Waals surface area contributed by atoms with Gasteiger partial charge in [-0.3, -0.25) is 9.59 Å². The second-order valence-electron chi connectivity index (χ2n) is 6.65. The van der Waals surface area contributed by atoms with Gasteiger partial charge in [-0.1, -0.05) is 42.8 Å². The van der Waals surface area contributed by atoms with Crippen LogP contribution in [-0.4, -0.2) is 18.4 Å². The third-order valence-corrected chi connectivity index (χ3v) is 4.87. The van der Waals surface area contributed by atoms with Crippen molar-refractivity contribution in [2.24, 2.45) is 17.3 Å². The minimum atomic E-state index is -0.634. The summed E-state index contributed by atoms with van der Waals surface area (Å²) in [6.45, 7) is 8.70. The number of aryl methyl sites for hydroxylation is 1. The van der Waals surface area contributed by atoms with Crippen molar-refractivity contribution < 1.29 is 9.59 Å². The summed E-state index contributed by atoms with van der Waals surface area (Å²) in [5.74, 6) is -1.05. The van der Waals surface area contributed by atoms with Gasteiger partial charge < -0.3 is 10.6 Å². The Morgan fingerprint density at radius 2 is 2.05 bits per heavy atom.